The Morgan fingerprint density at radius 3 is 2.67 bits per heavy atom. The zero-order valence-corrected chi connectivity index (χ0v) is 13.9. The van der Waals surface area contributed by atoms with Gasteiger partial charge in [0.15, 0.2) is 0 Å². The summed E-state index contributed by atoms with van der Waals surface area (Å²) in [6, 6.07) is 8.21. The van der Waals surface area contributed by atoms with Crippen molar-refractivity contribution in [2.45, 2.75) is 46.1 Å². The molecule has 1 heterocycles. The Kier molecular flexibility index (Phi) is 5.76. The molecule has 0 unspecified atom stereocenters. The fourth-order valence-corrected chi connectivity index (χ4v) is 3.39. The molecule has 0 aliphatic heterocycles. The number of nitrogens with two attached hydrogens (primary N) is 1. The maximum atomic E-state index is 5.91. The predicted octanol–water partition coefficient (Wildman–Crippen LogP) is 3.91. The number of nitrogens with zero attached hydrogens (tertiary/aromatic N) is 1. The van der Waals surface area contributed by atoms with Crippen molar-refractivity contribution in [3.8, 4) is 5.75 Å². The molecule has 4 heteroatoms. The summed E-state index contributed by atoms with van der Waals surface area (Å²) in [5, 5.41) is 1.12. The molecule has 2 N–H and O–H groups in total. The standard InChI is InChI=1S/C17H24N2OS/c1-4-13-7-5-6-8-14(13)20-10-9-16-19-17(12(2)3)15(11-18)21-16/h5-8,12H,4,9-11,18H2,1-3H3. The normalized spacial score (nSPS) is 11.1. The van der Waals surface area contributed by atoms with E-state index in [4.69, 9.17) is 15.5 Å². The van der Waals surface area contributed by atoms with Gasteiger partial charge in [0.25, 0.3) is 0 Å². The van der Waals surface area contributed by atoms with E-state index in [9.17, 15) is 0 Å². The summed E-state index contributed by atoms with van der Waals surface area (Å²) in [7, 11) is 0. The molecule has 2 aromatic rings. The van der Waals surface area contributed by atoms with Gasteiger partial charge in [0.1, 0.15) is 5.75 Å². The van der Waals surface area contributed by atoms with Crippen molar-refractivity contribution in [1.82, 2.24) is 4.98 Å². The molecular weight excluding hydrogens is 280 g/mol. The molecule has 0 spiro atoms. The van der Waals surface area contributed by atoms with Gasteiger partial charge in [-0.15, -0.1) is 11.3 Å². The summed E-state index contributed by atoms with van der Waals surface area (Å²) in [5.41, 5.74) is 8.20. The van der Waals surface area contributed by atoms with E-state index in [-0.39, 0.29) is 0 Å². The van der Waals surface area contributed by atoms with E-state index in [1.807, 2.05) is 12.1 Å². The van der Waals surface area contributed by atoms with Gasteiger partial charge < -0.3 is 10.5 Å². The van der Waals surface area contributed by atoms with Gasteiger partial charge in [-0.2, -0.15) is 0 Å². The molecule has 21 heavy (non-hydrogen) atoms. The molecule has 0 saturated carbocycles. The first-order valence-electron chi connectivity index (χ1n) is 7.55. The van der Waals surface area contributed by atoms with E-state index in [0.29, 0.717) is 19.1 Å². The molecule has 0 amide bonds. The molecule has 0 atom stereocenters. The highest BCUT2D eigenvalue weighted by molar-refractivity contribution is 7.11. The highest BCUT2D eigenvalue weighted by Crippen LogP contribution is 2.25. The molecular formula is C17H24N2OS. The number of para-hydroxylation sites is 1. The third-order valence-corrected chi connectivity index (χ3v) is 4.58. The van der Waals surface area contributed by atoms with Gasteiger partial charge in [0, 0.05) is 17.8 Å². The van der Waals surface area contributed by atoms with Crippen molar-refractivity contribution in [3.05, 3.63) is 45.4 Å². The molecule has 3 nitrogen and oxygen atoms in total. The van der Waals surface area contributed by atoms with Crippen LogP contribution in [0.5, 0.6) is 5.75 Å². The Labute approximate surface area is 131 Å². The van der Waals surface area contributed by atoms with Crippen LogP contribution in [0.15, 0.2) is 24.3 Å². The van der Waals surface area contributed by atoms with E-state index in [0.717, 1.165) is 29.3 Å². The lowest BCUT2D eigenvalue weighted by Crippen LogP contribution is -2.03. The van der Waals surface area contributed by atoms with Crippen molar-refractivity contribution < 1.29 is 4.74 Å². The predicted molar refractivity (Wildman–Crippen MR) is 89.1 cm³/mol. The van der Waals surface area contributed by atoms with Gasteiger partial charge in [-0.05, 0) is 24.0 Å². The topological polar surface area (TPSA) is 48.1 Å². The Bertz CT molecular complexity index is 578. The fourth-order valence-electron chi connectivity index (χ4n) is 2.30. The molecule has 0 bridgehead atoms. The summed E-state index contributed by atoms with van der Waals surface area (Å²) in [6.45, 7) is 7.69. The van der Waals surface area contributed by atoms with Crippen LogP contribution in [0.4, 0.5) is 0 Å². The lowest BCUT2D eigenvalue weighted by atomic mass is 10.1. The van der Waals surface area contributed by atoms with Gasteiger partial charge >= 0.3 is 0 Å². The Morgan fingerprint density at radius 2 is 2.05 bits per heavy atom. The van der Waals surface area contributed by atoms with Gasteiger partial charge in [0.05, 0.1) is 17.3 Å². The van der Waals surface area contributed by atoms with E-state index in [2.05, 4.69) is 32.9 Å². The Morgan fingerprint density at radius 1 is 1.29 bits per heavy atom. The smallest absolute Gasteiger partial charge is 0.122 e. The van der Waals surface area contributed by atoms with E-state index in [1.54, 1.807) is 11.3 Å². The summed E-state index contributed by atoms with van der Waals surface area (Å²) >= 11 is 1.72. The average molecular weight is 304 g/mol. The van der Waals surface area contributed by atoms with Crippen LogP contribution in [0.25, 0.3) is 0 Å². The van der Waals surface area contributed by atoms with Crippen LogP contribution in [0, 0.1) is 0 Å². The molecule has 0 aliphatic carbocycles. The van der Waals surface area contributed by atoms with E-state index >= 15 is 0 Å². The van der Waals surface area contributed by atoms with Crippen LogP contribution < -0.4 is 10.5 Å². The minimum Gasteiger partial charge on any atom is -0.493 e. The molecule has 0 radical (unpaired) electrons. The van der Waals surface area contributed by atoms with Crippen LogP contribution >= 0.6 is 11.3 Å². The highest BCUT2D eigenvalue weighted by atomic mass is 32.1. The fraction of sp³-hybridized carbons (Fsp3) is 0.471. The third kappa shape index (κ3) is 4.05. The lowest BCUT2D eigenvalue weighted by molar-refractivity contribution is 0.318. The van der Waals surface area contributed by atoms with E-state index in [1.165, 1.54) is 10.4 Å². The molecule has 2 rings (SSSR count). The van der Waals surface area contributed by atoms with Crippen molar-refractivity contribution in [3.63, 3.8) is 0 Å². The molecule has 1 aromatic heterocycles. The van der Waals surface area contributed by atoms with Gasteiger partial charge in [-0.25, -0.2) is 4.98 Å². The zero-order valence-electron chi connectivity index (χ0n) is 13.1. The molecule has 0 saturated heterocycles. The number of hydrogen-bond acceptors (Lipinski definition) is 4. The van der Waals surface area contributed by atoms with Gasteiger partial charge in [-0.1, -0.05) is 39.0 Å². The summed E-state index contributed by atoms with van der Waals surface area (Å²) in [4.78, 5) is 5.92. The second-order valence-electron chi connectivity index (χ2n) is 5.33. The number of hydrogen-bond donors (Lipinski definition) is 1. The van der Waals surface area contributed by atoms with E-state index < -0.39 is 0 Å². The number of ether oxygens (including phenoxy) is 1. The number of aromatic nitrogens is 1. The lowest BCUT2D eigenvalue weighted by Gasteiger charge is -2.09. The maximum absolute atomic E-state index is 5.91. The first-order chi connectivity index (χ1) is 10.2. The van der Waals surface area contributed by atoms with Gasteiger partial charge in [0.2, 0.25) is 0 Å². The minimum absolute atomic E-state index is 0.426. The quantitative estimate of drug-likeness (QED) is 0.843. The highest BCUT2D eigenvalue weighted by Gasteiger charge is 2.13. The average Bonchev–Trinajstić information content (AvgIpc) is 2.91. The van der Waals surface area contributed by atoms with Crippen molar-refractivity contribution in [2.24, 2.45) is 5.73 Å². The maximum Gasteiger partial charge on any atom is 0.122 e. The Balaban J connectivity index is 1.97. The second kappa shape index (κ2) is 7.57. The van der Waals surface area contributed by atoms with Crippen LogP contribution in [0.2, 0.25) is 0 Å². The summed E-state index contributed by atoms with van der Waals surface area (Å²) in [6.07, 6.45) is 1.82. The number of benzene rings is 1. The van der Waals surface area contributed by atoms with Crippen molar-refractivity contribution in [1.29, 1.82) is 0 Å². The SMILES string of the molecule is CCc1ccccc1OCCc1nc(C(C)C)c(CN)s1. The van der Waals surface area contributed by atoms with Crippen molar-refractivity contribution >= 4 is 11.3 Å². The minimum atomic E-state index is 0.426. The van der Waals surface area contributed by atoms with Crippen LogP contribution in [-0.4, -0.2) is 11.6 Å². The Hall–Kier alpha value is -1.39. The largest absolute Gasteiger partial charge is 0.493 e. The summed E-state index contributed by atoms with van der Waals surface area (Å²) < 4.78 is 5.91. The summed E-state index contributed by atoms with van der Waals surface area (Å²) in [5.74, 6) is 1.41. The number of rotatable bonds is 7. The third-order valence-electron chi connectivity index (χ3n) is 3.43. The first kappa shape index (κ1) is 16.0. The first-order valence-corrected chi connectivity index (χ1v) is 8.36. The second-order valence-corrected chi connectivity index (χ2v) is 6.50. The molecule has 1 aromatic carbocycles. The van der Waals surface area contributed by atoms with Crippen LogP contribution in [-0.2, 0) is 19.4 Å². The van der Waals surface area contributed by atoms with Gasteiger partial charge in [-0.3, -0.25) is 0 Å². The molecule has 114 valence electrons. The number of aryl methyl sites for hydroxylation is 1. The van der Waals surface area contributed by atoms with Crippen LogP contribution in [0.3, 0.4) is 0 Å². The number of thiazole rings is 1. The monoisotopic (exact) mass is 304 g/mol. The molecule has 0 aliphatic rings. The molecule has 0 fully saturated rings. The van der Waals surface area contributed by atoms with Crippen LogP contribution in [0.1, 0.15) is 47.8 Å². The van der Waals surface area contributed by atoms with Crippen molar-refractivity contribution in [2.75, 3.05) is 6.61 Å². The zero-order chi connectivity index (χ0) is 15.2.